The Morgan fingerprint density at radius 2 is 2.29 bits per heavy atom. The Hall–Kier alpha value is -1.47. The average Bonchev–Trinajstić information content (AvgIpc) is 2.83. The second kappa shape index (κ2) is 6.53. The molecule has 1 aliphatic rings. The molecule has 0 spiro atoms. The minimum Gasteiger partial charge on any atom is -0.340 e. The van der Waals surface area contributed by atoms with Gasteiger partial charge in [-0.2, -0.15) is 0 Å². The van der Waals surface area contributed by atoms with Crippen molar-refractivity contribution in [2.75, 3.05) is 27.2 Å². The molecule has 1 aromatic carbocycles. The molecule has 1 aliphatic heterocycles. The Bertz CT molecular complexity index is 564. The molecule has 1 heterocycles. The van der Waals surface area contributed by atoms with Crippen LogP contribution in [0.15, 0.2) is 22.7 Å². The van der Waals surface area contributed by atoms with Crippen molar-refractivity contribution in [1.82, 2.24) is 9.80 Å². The molecule has 7 heteroatoms. The SMILES string of the molecule is CN(CC1CCCN1C)C(=O)c1cc([N+](=O)[O-])ccc1Br. The smallest absolute Gasteiger partial charge is 0.270 e. The van der Waals surface area contributed by atoms with Gasteiger partial charge in [-0.15, -0.1) is 0 Å². The first-order valence-electron chi connectivity index (χ1n) is 6.80. The number of carbonyl (C=O) groups is 1. The summed E-state index contributed by atoms with van der Waals surface area (Å²) >= 11 is 3.29. The summed E-state index contributed by atoms with van der Waals surface area (Å²) in [6.07, 6.45) is 2.22. The molecule has 0 aliphatic carbocycles. The molecule has 0 aromatic heterocycles. The van der Waals surface area contributed by atoms with Crippen LogP contribution in [0.5, 0.6) is 0 Å². The number of benzene rings is 1. The molecule has 0 saturated carbocycles. The molecule has 1 unspecified atom stereocenters. The van der Waals surface area contributed by atoms with Crippen LogP contribution in [0.1, 0.15) is 23.2 Å². The summed E-state index contributed by atoms with van der Waals surface area (Å²) in [7, 11) is 3.79. The fourth-order valence-electron chi connectivity index (χ4n) is 2.61. The van der Waals surface area contributed by atoms with E-state index in [0.29, 0.717) is 22.6 Å². The van der Waals surface area contributed by atoms with E-state index in [-0.39, 0.29) is 11.6 Å². The first-order chi connectivity index (χ1) is 9.90. The average molecular weight is 356 g/mol. The van der Waals surface area contributed by atoms with Gasteiger partial charge in [0.1, 0.15) is 0 Å². The molecule has 1 atom stereocenters. The summed E-state index contributed by atoms with van der Waals surface area (Å²) < 4.78 is 0.574. The second-order valence-electron chi connectivity index (χ2n) is 5.38. The van der Waals surface area contributed by atoms with Crippen molar-refractivity contribution >= 4 is 27.5 Å². The molecule has 6 nitrogen and oxygen atoms in total. The third-order valence-corrected chi connectivity index (χ3v) is 4.59. The Labute approximate surface area is 132 Å². The summed E-state index contributed by atoms with van der Waals surface area (Å²) in [4.78, 5) is 26.7. The molecule has 0 bridgehead atoms. The highest BCUT2D eigenvalue weighted by Gasteiger charge is 2.25. The zero-order valence-corrected chi connectivity index (χ0v) is 13.7. The number of halogens is 1. The van der Waals surface area contributed by atoms with Crippen LogP contribution in [-0.2, 0) is 0 Å². The van der Waals surface area contributed by atoms with Crippen LogP contribution >= 0.6 is 15.9 Å². The number of non-ortho nitro benzene ring substituents is 1. The Morgan fingerprint density at radius 3 is 2.86 bits per heavy atom. The van der Waals surface area contributed by atoms with Gasteiger partial charge in [0.25, 0.3) is 11.6 Å². The minimum atomic E-state index is -0.492. The van der Waals surface area contributed by atoms with Crippen molar-refractivity contribution in [2.24, 2.45) is 0 Å². The van der Waals surface area contributed by atoms with Gasteiger partial charge < -0.3 is 9.80 Å². The number of nitro groups is 1. The molecular weight excluding hydrogens is 338 g/mol. The summed E-state index contributed by atoms with van der Waals surface area (Å²) in [5, 5.41) is 10.8. The Balaban J connectivity index is 2.15. The van der Waals surface area contributed by atoms with Crippen LogP contribution in [0.3, 0.4) is 0 Å². The third-order valence-electron chi connectivity index (χ3n) is 3.89. The molecule has 1 saturated heterocycles. The van der Waals surface area contributed by atoms with Gasteiger partial charge in [-0.25, -0.2) is 0 Å². The van der Waals surface area contributed by atoms with Crippen LogP contribution in [0, 0.1) is 10.1 Å². The van der Waals surface area contributed by atoms with Gasteiger partial charge in [0.05, 0.1) is 10.5 Å². The van der Waals surface area contributed by atoms with Gasteiger partial charge >= 0.3 is 0 Å². The predicted molar refractivity (Wildman–Crippen MR) is 83.4 cm³/mol. The number of rotatable bonds is 4. The number of nitro benzene ring substituents is 1. The van der Waals surface area contributed by atoms with E-state index in [9.17, 15) is 14.9 Å². The van der Waals surface area contributed by atoms with Crippen molar-refractivity contribution in [1.29, 1.82) is 0 Å². The second-order valence-corrected chi connectivity index (χ2v) is 6.24. The minimum absolute atomic E-state index is 0.0760. The van der Waals surface area contributed by atoms with Gasteiger partial charge in [-0.3, -0.25) is 14.9 Å². The fourth-order valence-corrected chi connectivity index (χ4v) is 3.02. The molecule has 1 amide bonds. The first kappa shape index (κ1) is 15.9. The number of carbonyl (C=O) groups excluding carboxylic acids is 1. The van der Waals surface area contributed by atoms with E-state index in [1.807, 2.05) is 0 Å². The lowest BCUT2D eigenvalue weighted by Crippen LogP contribution is -2.39. The fraction of sp³-hybridized carbons (Fsp3) is 0.500. The third kappa shape index (κ3) is 3.59. The van der Waals surface area contributed by atoms with Crippen LogP contribution < -0.4 is 0 Å². The van der Waals surface area contributed by atoms with Gasteiger partial charge in [0.2, 0.25) is 0 Å². The Morgan fingerprint density at radius 1 is 1.57 bits per heavy atom. The Kier molecular flexibility index (Phi) is 4.95. The maximum Gasteiger partial charge on any atom is 0.270 e. The van der Waals surface area contributed by atoms with Gasteiger partial charge in [-0.1, -0.05) is 0 Å². The first-order valence-corrected chi connectivity index (χ1v) is 7.59. The van der Waals surface area contributed by atoms with Crippen LogP contribution in [0.2, 0.25) is 0 Å². The topological polar surface area (TPSA) is 66.7 Å². The van der Waals surface area contributed by atoms with Crippen molar-refractivity contribution in [3.8, 4) is 0 Å². The largest absolute Gasteiger partial charge is 0.340 e. The van der Waals surface area contributed by atoms with Crippen LogP contribution in [0.25, 0.3) is 0 Å². The van der Waals surface area contributed by atoms with Crippen LogP contribution in [0.4, 0.5) is 5.69 Å². The van der Waals surface area contributed by atoms with E-state index in [1.54, 1.807) is 18.0 Å². The molecule has 1 fully saturated rings. The van der Waals surface area contributed by atoms with Crippen molar-refractivity contribution < 1.29 is 9.72 Å². The number of hydrogen-bond donors (Lipinski definition) is 0. The van der Waals surface area contributed by atoms with E-state index in [0.717, 1.165) is 19.4 Å². The van der Waals surface area contributed by atoms with E-state index in [2.05, 4.69) is 27.9 Å². The summed E-state index contributed by atoms with van der Waals surface area (Å²) in [6, 6.07) is 4.60. The summed E-state index contributed by atoms with van der Waals surface area (Å²) in [6.45, 7) is 1.68. The van der Waals surface area contributed by atoms with Crippen molar-refractivity contribution in [2.45, 2.75) is 18.9 Å². The number of nitrogens with zero attached hydrogens (tertiary/aromatic N) is 3. The number of hydrogen-bond acceptors (Lipinski definition) is 4. The lowest BCUT2D eigenvalue weighted by atomic mass is 10.1. The molecule has 2 rings (SSSR count). The standard InChI is InChI=1S/C14H18BrN3O3/c1-16-7-3-4-11(16)9-17(2)14(19)12-8-10(18(20)21)5-6-13(12)15/h5-6,8,11H,3-4,7,9H2,1-2H3. The summed E-state index contributed by atoms with van der Waals surface area (Å²) in [5.41, 5.74) is 0.250. The molecular formula is C14H18BrN3O3. The number of likely N-dealkylation sites (tertiary alicyclic amines) is 1. The van der Waals surface area contributed by atoms with Crippen molar-refractivity contribution in [3.63, 3.8) is 0 Å². The van der Waals surface area contributed by atoms with E-state index in [4.69, 9.17) is 0 Å². The maximum absolute atomic E-state index is 12.5. The number of amides is 1. The lowest BCUT2D eigenvalue weighted by molar-refractivity contribution is -0.384. The van der Waals surface area contributed by atoms with Gasteiger partial charge in [0.15, 0.2) is 0 Å². The van der Waals surface area contributed by atoms with Crippen LogP contribution in [-0.4, -0.2) is 53.9 Å². The van der Waals surface area contributed by atoms with E-state index < -0.39 is 4.92 Å². The zero-order valence-electron chi connectivity index (χ0n) is 12.1. The highest BCUT2D eigenvalue weighted by atomic mass is 79.9. The zero-order chi connectivity index (χ0) is 15.6. The highest BCUT2D eigenvalue weighted by molar-refractivity contribution is 9.10. The maximum atomic E-state index is 12.5. The predicted octanol–water partition coefficient (Wildman–Crippen LogP) is 2.52. The van der Waals surface area contributed by atoms with Crippen molar-refractivity contribution in [3.05, 3.63) is 38.3 Å². The molecule has 0 radical (unpaired) electrons. The normalized spacial score (nSPS) is 18.7. The van der Waals surface area contributed by atoms with Gasteiger partial charge in [0, 0.05) is 36.2 Å². The lowest BCUT2D eigenvalue weighted by Gasteiger charge is -2.26. The van der Waals surface area contributed by atoms with E-state index >= 15 is 0 Å². The summed E-state index contributed by atoms with van der Waals surface area (Å²) in [5.74, 6) is -0.203. The quantitative estimate of drug-likeness (QED) is 0.614. The monoisotopic (exact) mass is 355 g/mol. The molecule has 1 aromatic rings. The molecule has 114 valence electrons. The number of likely N-dealkylation sites (N-methyl/N-ethyl adjacent to an activating group) is 2. The molecule has 21 heavy (non-hydrogen) atoms. The highest BCUT2D eigenvalue weighted by Crippen LogP contribution is 2.24. The van der Waals surface area contributed by atoms with E-state index in [1.165, 1.54) is 12.1 Å². The van der Waals surface area contributed by atoms with Gasteiger partial charge in [-0.05, 0) is 48.4 Å². The molecule has 0 N–H and O–H groups in total.